The number of urea groups is 2. The number of guanidine groups is 2. The van der Waals surface area contributed by atoms with E-state index in [1.165, 1.54) is 0 Å². The number of hydrogen-bond donors (Lipinski definition) is 8. The second-order valence-electron chi connectivity index (χ2n) is 7.36. The Labute approximate surface area is 232 Å². The third kappa shape index (κ3) is 10.1. The fourth-order valence-corrected chi connectivity index (χ4v) is 2.91. The van der Waals surface area contributed by atoms with Gasteiger partial charge in [0.1, 0.15) is 0 Å². The van der Waals surface area contributed by atoms with Crippen molar-refractivity contribution < 1.29 is 9.59 Å². The molecule has 0 aromatic heterocycles. The lowest BCUT2D eigenvalue weighted by Gasteiger charge is -2.11. The van der Waals surface area contributed by atoms with Crippen LogP contribution >= 0.6 is 24.8 Å². The van der Waals surface area contributed by atoms with Crippen LogP contribution in [0.15, 0.2) is 82.8 Å². The maximum absolute atomic E-state index is 12.3. The van der Waals surface area contributed by atoms with E-state index in [2.05, 4.69) is 41.9 Å². The first-order valence-electron chi connectivity index (χ1n) is 10.8. The Morgan fingerprint density at radius 3 is 0.842 bits per heavy atom. The summed E-state index contributed by atoms with van der Waals surface area (Å²) in [6.45, 7) is 0. The van der Waals surface area contributed by atoms with E-state index < -0.39 is 12.1 Å². The highest BCUT2D eigenvalue weighted by molar-refractivity contribution is 6.02. The number of carbonyl (C=O) groups is 2. The molecule has 0 aliphatic carbocycles. The molecule has 0 heterocycles. The number of carbonyl (C=O) groups excluding carboxylic acids is 2. The predicted molar refractivity (Wildman–Crippen MR) is 161 cm³/mol. The van der Waals surface area contributed by atoms with Gasteiger partial charge in [-0.2, -0.15) is 0 Å². The Morgan fingerprint density at radius 1 is 0.474 bits per heavy atom. The molecule has 10 N–H and O–H groups in total. The van der Waals surface area contributed by atoms with Gasteiger partial charge in [0.25, 0.3) is 0 Å². The average molecular weight is 561 g/mol. The van der Waals surface area contributed by atoms with Gasteiger partial charge in [-0.05, 0) is 72.8 Å². The zero-order chi connectivity index (χ0) is 25.9. The number of amides is 4. The van der Waals surface area contributed by atoms with Gasteiger partial charge in [-0.15, -0.1) is 24.8 Å². The predicted octanol–water partition coefficient (Wildman–Crippen LogP) is 4.53. The SMILES string of the molecule is CN=C(N)Nc1ccc(NC(=O)Nc2ccc(NC(=O)Nc3ccc(NC(N)=NC)cc3)cc2)cc1.Cl.Cl. The van der Waals surface area contributed by atoms with Gasteiger partial charge in [0.2, 0.25) is 0 Å². The Morgan fingerprint density at radius 2 is 0.658 bits per heavy atom. The minimum absolute atomic E-state index is 0. The minimum Gasteiger partial charge on any atom is -0.370 e. The van der Waals surface area contributed by atoms with Crippen molar-refractivity contribution in [3.8, 4) is 0 Å². The Balaban J connectivity index is 0.00000361. The van der Waals surface area contributed by atoms with Gasteiger partial charge in [-0.3, -0.25) is 9.98 Å². The summed E-state index contributed by atoms with van der Waals surface area (Å²) in [5, 5.41) is 16.8. The zero-order valence-corrected chi connectivity index (χ0v) is 22.2. The third-order valence-electron chi connectivity index (χ3n) is 4.71. The Bertz CT molecular complexity index is 1150. The summed E-state index contributed by atoms with van der Waals surface area (Å²) in [4.78, 5) is 32.2. The largest absolute Gasteiger partial charge is 0.370 e. The first kappa shape index (κ1) is 31.4. The van der Waals surface area contributed by atoms with E-state index >= 15 is 0 Å². The molecule has 12 nitrogen and oxygen atoms in total. The number of hydrogen-bond acceptors (Lipinski definition) is 4. The number of benzene rings is 3. The summed E-state index contributed by atoms with van der Waals surface area (Å²) in [5.74, 6) is 0.583. The monoisotopic (exact) mass is 560 g/mol. The number of nitrogens with two attached hydrogens (primary N) is 2. The lowest BCUT2D eigenvalue weighted by Crippen LogP contribution is -2.22. The van der Waals surface area contributed by atoms with E-state index in [1.807, 2.05) is 0 Å². The van der Waals surface area contributed by atoms with E-state index in [0.717, 1.165) is 11.4 Å². The number of aliphatic imine (C=N–C) groups is 2. The Kier molecular flexibility index (Phi) is 12.7. The second kappa shape index (κ2) is 15.4. The molecule has 0 aliphatic rings. The van der Waals surface area contributed by atoms with Crippen LogP contribution in [0.1, 0.15) is 0 Å². The molecule has 0 fully saturated rings. The molecule has 0 aliphatic heterocycles. The van der Waals surface area contributed by atoms with Crippen LogP contribution in [0.2, 0.25) is 0 Å². The van der Waals surface area contributed by atoms with Gasteiger partial charge >= 0.3 is 12.1 Å². The number of anilines is 6. The summed E-state index contributed by atoms with van der Waals surface area (Å²) < 4.78 is 0. The van der Waals surface area contributed by atoms with Crippen LogP contribution in [0.3, 0.4) is 0 Å². The van der Waals surface area contributed by atoms with Crippen molar-refractivity contribution in [3.05, 3.63) is 72.8 Å². The lowest BCUT2D eigenvalue weighted by molar-refractivity contribution is 0.261. The summed E-state index contributed by atoms with van der Waals surface area (Å²) >= 11 is 0. The highest BCUT2D eigenvalue weighted by Gasteiger charge is 2.06. The standard InChI is InChI=1S/C24H28N10O2.2ClH/c1-27-21(25)29-15-3-7-17(8-4-15)31-23(35)33-19-11-13-20(14-12-19)34-24(36)32-18-9-5-16(6-10-18)30-22(26)28-2;;/h3-14H,1-2H3,(H3,25,27,29)(H3,26,28,30)(H2,31,33,35)(H2,32,34,36);2*1H. The van der Waals surface area contributed by atoms with Crippen LogP contribution in [-0.2, 0) is 0 Å². The van der Waals surface area contributed by atoms with E-state index in [4.69, 9.17) is 11.5 Å². The van der Waals surface area contributed by atoms with Gasteiger partial charge in [0.05, 0.1) is 0 Å². The fraction of sp³-hybridized carbons (Fsp3) is 0.0833. The van der Waals surface area contributed by atoms with Crippen molar-refractivity contribution in [2.75, 3.05) is 46.0 Å². The van der Waals surface area contributed by atoms with Gasteiger partial charge < -0.3 is 43.4 Å². The summed E-state index contributed by atoms with van der Waals surface area (Å²) in [6.07, 6.45) is 0. The molecule has 3 rings (SSSR count). The van der Waals surface area contributed by atoms with Gasteiger partial charge in [0.15, 0.2) is 11.9 Å². The third-order valence-corrected chi connectivity index (χ3v) is 4.71. The quantitative estimate of drug-likeness (QED) is 0.162. The van der Waals surface area contributed by atoms with E-state index in [0.29, 0.717) is 34.7 Å². The van der Waals surface area contributed by atoms with Gasteiger partial charge in [0, 0.05) is 48.2 Å². The van der Waals surface area contributed by atoms with Crippen molar-refractivity contribution in [3.63, 3.8) is 0 Å². The van der Waals surface area contributed by atoms with Crippen LogP contribution < -0.4 is 43.4 Å². The van der Waals surface area contributed by atoms with Crippen molar-refractivity contribution in [2.45, 2.75) is 0 Å². The van der Waals surface area contributed by atoms with Crippen LogP contribution in [0.25, 0.3) is 0 Å². The molecule has 0 spiro atoms. The van der Waals surface area contributed by atoms with Crippen LogP contribution in [-0.4, -0.2) is 38.1 Å². The van der Waals surface area contributed by atoms with E-state index in [9.17, 15) is 9.59 Å². The molecule has 0 atom stereocenters. The lowest BCUT2D eigenvalue weighted by atomic mass is 10.2. The first-order chi connectivity index (χ1) is 17.3. The van der Waals surface area contributed by atoms with Crippen LogP contribution in [0, 0.1) is 0 Å². The van der Waals surface area contributed by atoms with Crippen molar-refractivity contribution in [1.82, 2.24) is 0 Å². The van der Waals surface area contributed by atoms with Gasteiger partial charge in [-0.1, -0.05) is 0 Å². The van der Waals surface area contributed by atoms with Crippen LogP contribution in [0.5, 0.6) is 0 Å². The first-order valence-corrected chi connectivity index (χ1v) is 10.8. The maximum Gasteiger partial charge on any atom is 0.323 e. The molecule has 0 unspecified atom stereocenters. The van der Waals surface area contributed by atoms with Crippen LogP contribution in [0.4, 0.5) is 43.7 Å². The van der Waals surface area contributed by atoms with E-state index in [-0.39, 0.29) is 24.8 Å². The van der Waals surface area contributed by atoms with Crippen molar-refractivity contribution in [2.24, 2.45) is 21.5 Å². The van der Waals surface area contributed by atoms with Crippen molar-refractivity contribution >= 4 is 82.9 Å². The molecule has 0 saturated heterocycles. The molecule has 0 radical (unpaired) electrons. The average Bonchev–Trinajstić information content (AvgIpc) is 2.87. The minimum atomic E-state index is -0.409. The number of rotatable bonds is 6. The highest BCUT2D eigenvalue weighted by atomic mass is 35.5. The Hall–Kier alpha value is -4.68. The molecule has 202 valence electrons. The summed E-state index contributed by atoms with van der Waals surface area (Å²) in [5.41, 5.74) is 15.1. The molecule has 4 amide bonds. The second-order valence-corrected chi connectivity index (χ2v) is 7.36. The number of nitrogens with zero attached hydrogens (tertiary/aromatic N) is 2. The normalized spacial score (nSPS) is 10.7. The smallest absolute Gasteiger partial charge is 0.323 e. The summed E-state index contributed by atoms with van der Waals surface area (Å²) in [6, 6.07) is 19.9. The molecule has 0 saturated carbocycles. The molecule has 3 aromatic rings. The fourth-order valence-electron chi connectivity index (χ4n) is 2.91. The maximum atomic E-state index is 12.3. The molecule has 3 aromatic carbocycles. The molecular formula is C24H30Cl2N10O2. The highest BCUT2D eigenvalue weighted by Crippen LogP contribution is 2.17. The van der Waals surface area contributed by atoms with Crippen molar-refractivity contribution in [1.29, 1.82) is 0 Å². The molecule has 14 heteroatoms. The van der Waals surface area contributed by atoms with Gasteiger partial charge in [-0.25, -0.2) is 9.59 Å². The topological polar surface area (TPSA) is 183 Å². The molecular weight excluding hydrogens is 531 g/mol. The number of halogens is 2. The van der Waals surface area contributed by atoms with E-state index in [1.54, 1.807) is 86.9 Å². The number of nitrogens with one attached hydrogen (secondary N) is 6. The zero-order valence-electron chi connectivity index (χ0n) is 20.6. The molecule has 0 bridgehead atoms. The molecule has 38 heavy (non-hydrogen) atoms. The summed E-state index contributed by atoms with van der Waals surface area (Å²) in [7, 11) is 3.17.